The average Bonchev–Trinajstić information content (AvgIpc) is 2.47. The van der Waals surface area contributed by atoms with Gasteiger partial charge in [-0.3, -0.25) is 0 Å². The number of benzene rings is 2. The van der Waals surface area contributed by atoms with Gasteiger partial charge in [0.25, 0.3) is 0 Å². The molecule has 108 valence electrons. The first-order valence-electron chi connectivity index (χ1n) is 6.83. The lowest BCUT2D eigenvalue weighted by Gasteiger charge is -2.45. The topological polar surface area (TPSA) is 29.5 Å². The van der Waals surface area contributed by atoms with Crippen LogP contribution < -0.4 is 4.74 Å². The van der Waals surface area contributed by atoms with Crippen LogP contribution in [0.2, 0.25) is 0 Å². The van der Waals surface area contributed by atoms with Crippen molar-refractivity contribution >= 4 is 0 Å². The summed E-state index contributed by atoms with van der Waals surface area (Å²) in [5.41, 5.74) is -0.770. The Balaban J connectivity index is 2.36. The van der Waals surface area contributed by atoms with Crippen molar-refractivity contribution in [2.45, 2.75) is 19.4 Å². The quantitative estimate of drug-likeness (QED) is 0.829. The van der Waals surface area contributed by atoms with Crippen LogP contribution in [0.4, 0.5) is 4.39 Å². The fourth-order valence-electron chi connectivity index (χ4n) is 2.84. The molecule has 2 aromatic rings. The van der Waals surface area contributed by atoms with Gasteiger partial charge in [-0.25, -0.2) is 4.39 Å². The van der Waals surface area contributed by atoms with Crippen molar-refractivity contribution in [2.75, 3.05) is 0 Å². The van der Waals surface area contributed by atoms with E-state index in [-0.39, 0.29) is 0 Å². The normalized spacial score (nSPS) is 20.2. The third-order valence-corrected chi connectivity index (χ3v) is 4.27. The molecule has 0 radical (unpaired) electrons. The number of hydrogen-bond donors (Lipinski definition) is 1. The second-order valence-corrected chi connectivity index (χ2v) is 5.87. The molecular weight excluding hydrogens is 267 g/mol. The first-order valence-corrected chi connectivity index (χ1v) is 6.83. The third kappa shape index (κ3) is 1.81. The van der Waals surface area contributed by atoms with Gasteiger partial charge in [-0.1, -0.05) is 38.1 Å². The molecule has 21 heavy (non-hydrogen) atoms. The Morgan fingerprint density at radius 3 is 2.52 bits per heavy atom. The largest absolute Gasteiger partial charge is 0.456 e. The number of hydrogen-bond acceptors (Lipinski definition) is 2. The molecule has 3 heteroatoms. The predicted molar refractivity (Wildman–Crippen MR) is 79.9 cm³/mol. The number of ether oxygens (including phenoxy) is 1. The van der Waals surface area contributed by atoms with Crippen molar-refractivity contribution < 1.29 is 14.2 Å². The van der Waals surface area contributed by atoms with Crippen LogP contribution in [0.3, 0.4) is 0 Å². The van der Waals surface area contributed by atoms with Crippen LogP contribution in [-0.2, 0) is 5.60 Å². The lowest BCUT2D eigenvalue weighted by molar-refractivity contribution is -0.0168. The molecule has 0 aliphatic carbocycles. The van der Waals surface area contributed by atoms with E-state index < -0.39 is 16.8 Å². The van der Waals surface area contributed by atoms with Gasteiger partial charge >= 0.3 is 0 Å². The van der Waals surface area contributed by atoms with Crippen molar-refractivity contribution in [2.24, 2.45) is 5.41 Å². The highest BCUT2D eigenvalue weighted by Gasteiger charge is 2.50. The van der Waals surface area contributed by atoms with Gasteiger partial charge in [0.2, 0.25) is 0 Å². The molecule has 0 aromatic heterocycles. The molecule has 1 N–H and O–H groups in total. The van der Waals surface area contributed by atoms with E-state index in [1.807, 2.05) is 32.0 Å². The minimum atomic E-state index is -1.33. The number of rotatable bonds is 2. The minimum Gasteiger partial charge on any atom is -0.456 e. The first-order chi connectivity index (χ1) is 9.90. The van der Waals surface area contributed by atoms with Crippen LogP contribution in [0, 0.1) is 11.2 Å². The van der Waals surface area contributed by atoms with Crippen LogP contribution >= 0.6 is 0 Å². The Kier molecular flexibility index (Phi) is 2.92. The van der Waals surface area contributed by atoms with E-state index in [2.05, 4.69) is 6.58 Å². The van der Waals surface area contributed by atoms with Crippen LogP contribution in [0.15, 0.2) is 55.1 Å². The second kappa shape index (κ2) is 4.43. The summed E-state index contributed by atoms with van der Waals surface area (Å²) in [5, 5.41) is 11.5. The summed E-state index contributed by atoms with van der Waals surface area (Å²) in [6, 6.07) is 11.5. The Labute approximate surface area is 123 Å². The van der Waals surface area contributed by atoms with Crippen LogP contribution in [0.25, 0.3) is 0 Å². The van der Waals surface area contributed by atoms with E-state index in [0.717, 1.165) is 0 Å². The van der Waals surface area contributed by atoms with Crippen molar-refractivity contribution in [3.05, 3.63) is 72.1 Å². The standard InChI is InChI=1S/C18H17FO2/c1-4-17(2,3)18(20)13-7-5-6-8-15(13)21-16-11-12(19)9-10-14(16)18/h4-11,20H,1H2,2-3H3. The summed E-state index contributed by atoms with van der Waals surface area (Å²) >= 11 is 0. The molecule has 1 atom stereocenters. The molecule has 1 heterocycles. The van der Waals surface area contributed by atoms with E-state index in [1.165, 1.54) is 12.1 Å². The van der Waals surface area contributed by atoms with E-state index in [4.69, 9.17) is 4.74 Å². The predicted octanol–water partition coefficient (Wildman–Crippen LogP) is 4.38. The molecular formula is C18H17FO2. The van der Waals surface area contributed by atoms with Gasteiger partial charge in [0, 0.05) is 22.6 Å². The lowest BCUT2D eigenvalue weighted by Crippen LogP contribution is -2.43. The summed E-state index contributed by atoms with van der Waals surface area (Å²) in [6.45, 7) is 7.64. The fraction of sp³-hybridized carbons (Fsp3) is 0.222. The van der Waals surface area contributed by atoms with Gasteiger partial charge in [0.05, 0.1) is 0 Å². The smallest absolute Gasteiger partial charge is 0.136 e. The maximum absolute atomic E-state index is 13.5. The highest BCUT2D eigenvalue weighted by molar-refractivity contribution is 5.57. The molecule has 0 fully saturated rings. The molecule has 3 rings (SSSR count). The van der Waals surface area contributed by atoms with Crippen LogP contribution in [-0.4, -0.2) is 5.11 Å². The van der Waals surface area contributed by atoms with Gasteiger partial charge in [-0.05, 0) is 18.2 Å². The lowest BCUT2D eigenvalue weighted by atomic mass is 9.66. The summed E-state index contributed by atoms with van der Waals surface area (Å²) in [4.78, 5) is 0. The van der Waals surface area contributed by atoms with Crippen molar-refractivity contribution in [3.63, 3.8) is 0 Å². The molecule has 0 saturated heterocycles. The van der Waals surface area contributed by atoms with Gasteiger partial charge in [-0.15, -0.1) is 6.58 Å². The summed E-state index contributed by atoms with van der Waals surface area (Å²) in [6.07, 6.45) is 1.71. The summed E-state index contributed by atoms with van der Waals surface area (Å²) in [7, 11) is 0. The summed E-state index contributed by atoms with van der Waals surface area (Å²) < 4.78 is 19.3. The zero-order chi connectivity index (χ0) is 15.3. The highest BCUT2D eigenvalue weighted by atomic mass is 19.1. The van der Waals surface area contributed by atoms with Crippen LogP contribution in [0.1, 0.15) is 25.0 Å². The zero-order valence-electron chi connectivity index (χ0n) is 12.1. The fourth-order valence-corrected chi connectivity index (χ4v) is 2.84. The van der Waals surface area contributed by atoms with E-state index >= 15 is 0 Å². The van der Waals surface area contributed by atoms with Gasteiger partial charge < -0.3 is 9.84 Å². The van der Waals surface area contributed by atoms with E-state index in [9.17, 15) is 9.50 Å². The van der Waals surface area contributed by atoms with Gasteiger partial charge in [-0.2, -0.15) is 0 Å². The second-order valence-electron chi connectivity index (χ2n) is 5.87. The molecule has 2 aromatic carbocycles. The maximum Gasteiger partial charge on any atom is 0.136 e. The number of aliphatic hydroxyl groups is 1. The molecule has 2 nitrogen and oxygen atoms in total. The average molecular weight is 284 g/mol. The van der Waals surface area contributed by atoms with Crippen LogP contribution in [0.5, 0.6) is 11.5 Å². The number of fused-ring (bicyclic) bond motifs is 2. The zero-order valence-corrected chi connectivity index (χ0v) is 12.1. The molecule has 0 amide bonds. The number of para-hydroxylation sites is 1. The Morgan fingerprint density at radius 1 is 1.14 bits per heavy atom. The van der Waals surface area contributed by atoms with Crippen molar-refractivity contribution in [1.29, 1.82) is 0 Å². The van der Waals surface area contributed by atoms with E-state index in [1.54, 1.807) is 18.2 Å². The number of halogens is 1. The maximum atomic E-state index is 13.5. The summed E-state index contributed by atoms with van der Waals surface area (Å²) in [5.74, 6) is 0.478. The van der Waals surface area contributed by atoms with Gasteiger partial charge in [0.15, 0.2) is 0 Å². The first kappa shape index (κ1) is 13.8. The Morgan fingerprint density at radius 2 is 1.81 bits per heavy atom. The molecule has 1 aliphatic heterocycles. The molecule has 0 saturated carbocycles. The Hall–Kier alpha value is -2.13. The monoisotopic (exact) mass is 284 g/mol. The third-order valence-electron chi connectivity index (χ3n) is 4.27. The SMILES string of the molecule is C=CC(C)(C)C1(O)c2ccccc2Oc2cc(F)ccc21. The molecule has 0 bridgehead atoms. The highest BCUT2D eigenvalue weighted by Crippen LogP contribution is 2.55. The Bertz CT molecular complexity index is 721. The van der Waals surface area contributed by atoms with E-state index in [0.29, 0.717) is 22.6 Å². The van der Waals surface area contributed by atoms with Crippen molar-refractivity contribution in [3.8, 4) is 11.5 Å². The molecule has 1 unspecified atom stereocenters. The molecule has 0 spiro atoms. The van der Waals surface area contributed by atoms with Crippen molar-refractivity contribution in [1.82, 2.24) is 0 Å². The minimum absolute atomic E-state index is 0.339. The molecule has 1 aliphatic rings. The van der Waals surface area contributed by atoms with Gasteiger partial charge in [0.1, 0.15) is 22.9 Å².